The molecule has 0 bridgehead atoms. The van der Waals surface area contributed by atoms with Crippen LogP contribution in [-0.2, 0) is 18.1 Å². The standard InChI is InChI=1S/C16H20ClNOS/c1-2-9-18-10-14-7-8-15(19-14)12-20-11-13-5-3-4-6-16(13)17/h3-8,18H,2,9-12H2,1H3. The molecule has 0 aliphatic rings. The van der Waals surface area contributed by atoms with E-state index in [0.717, 1.165) is 47.6 Å². The van der Waals surface area contributed by atoms with Gasteiger partial charge in [0.15, 0.2) is 0 Å². The Labute approximate surface area is 129 Å². The van der Waals surface area contributed by atoms with Crippen LogP contribution in [0.25, 0.3) is 0 Å². The Morgan fingerprint density at radius 1 is 1.10 bits per heavy atom. The Morgan fingerprint density at radius 3 is 2.70 bits per heavy atom. The van der Waals surface area contributed by atoms with E-state index in [1.54, 1.807) is 0 Å². The number of halogens is 1. The highest BCUT2D eigenvalue weighted by Gasteiger charge is 2.04. The van der Waals surface area contributed by atoms with Gasteiger partial charge in [-0.05, 0) is 36.7 Å². The van der Waals surface area contributed by atoms with E-state index < -0.39 is 0 Å². The summed E-state index contributed by atoms with van der Waals surface area (Å²) in [6.45, 7) is 3.99. The van der Waals surface area contributed by atoms with Crippen LogP contribution in [0.3, 0.4) is 0 Å². The topological polar surface area (TPSA) is 25.2 Å². The normalized spacial score (nSPS) is 10.9. The molecule has 2 aromatic rings. The summed E-state index contributed by atoms with van der Waals surface area (Å²) in [4.78, 5) is 0. The van der Waals surface area contributed by atoms with Gasteiger partial charge < -0.3 is 9.73 Å². The van der Waals surface area contributed by atoms with Crippen molar-refractivity contribution in [2.24, 2.45) is 0 Å². The fourth-order valence-electron chi connectivity index (χ4n) is 1.86. The zero-order chi connectivity index (χ0) is 14.2. The third kappa shape index (κ3) is 4.89. The predicted molar refractivity (Wildman–Crippen MR) is 87.2 cm³/mol. The van der Waals surface area contributed by atoms with E-state index in [-0.39, 0.29) is 0 Å². The van der Waals surface area contributed by atoms with Crippen LogP contribution in [0.1, 0.15) is 30.4 Å². The van der Waals surface area contributed by atoms with E-state index in [1.807, 2.05) is 36.0 Å². The molecule has 0 aliphatic carbocycles. The highest BCUT2D eigenvalue weighted by atomic mass is 35.5. The maximum absolute atomic E-state index is 6.14. The molecular formula is C16H20ClNOS. The van der Waals surface area contributed by atoms with E-state index in [2.05, 4.69) is 24.4 Å². The minimum Gasteiger partial charge on any atom is -0.464 e. The number of nitrogens with one attached hydrogen (secondary N) is 1. The van der Waals surface area contributed by atoms with Crippen molar-refractivity contribution in [3.63, 3.8) is 0 Å². The van der Waals surface area contributed by atoms with Crippen LogP contribution in [-0.4, -0.2) is 6.54 Å². The maximum atomic E-state index is 6.14. The average Bonchev–Trinajstić information content (AvgIpc) is 2.89. The molecule has 1 N–H and O–H groups in total. The van der Waals surface area contributed by atoms with Crippen LogP contribution in [0.5, 0.6) is 0 Å². The van der Waals surface area contributed by atoms with Crippen molar-refractivity contribution in [2.75, 3.05) is 6.54 Å². The fourth-order valence-corrected chi connectivity index (χ4v) is 3.07. The summed E-state index contributed by atoms with van der Waals surface area (Å²) in [5, 5.41) is 4.17. The number of furan rings is 1. The number of rotatable bonds is 8. The van der Waals surface area contributed by atoms with Gasteiger partial charge in [-0.15, -0.1) is 11.8 Å². The van der Waals surface area contributed by atoms with Crippen LogP contribution in [0.2, 0.25) is 5.02 Å². The monoisotopic (exact) mass is 309 g/mol. The summed E-state index contributed by atoms with van der Waals surface area (Å²) in [6.07, 6.45) is 1.14. The Bertz CT molecular complexity index is 527. The third-order valence-corrected chi connectivity index (χ3v) is 4.28. The summed E-state index contributed by atoms with van der Waals surface area (Å²) in [5.41, 5.74) is 1.18. The summed E-state index contributed by atoms with van der Waals surface area (Å²) >= 11 is 7.95. The third-order valence-electron chi connectivity index (χ3n) is 2.90. The maximum Gasteiger partial charge on any atom is 0.117 e. The quantitative estimate of drug-likeness (QED) is 0.705. The van der Waals surface area contributed by atoms with Crippen molar-refractivity contribution in [1.29, 1.82) is 0 Å². The molecule has 108 valence electrons. The zero-order valence-corrected chi connectivity index (χ0v) is 13.3. The summed E-state index contributed by atoms with van der Waals surface area (Å²) in [5.74, 6) is 3.81. The van der Waals surface area contributed by atoms with Crippen LogP contribution in [0, 0.1) is 0 Å². The molecule has 20 heavy (non-hydrogen) atoms. The van der Waals surface area contributed by atoms with Gasteiger partial charge in [-0.2, -0.15) is 0 Å². The minimum atomic E-state index is 0.809. The Balaban J connectivity index is 1.75. The molecule has 1 aromatic heterocycles. The fraction of sp³-hybridized carbons (Fsp3) is 0.375. The van der Waals surface area contributed by atoms with Crippen molar-refractivity contribution in [3.05, 3.63) is 58.5 Å². The van der Waals surface area contributed by atoms with E-state index in [4.69, 9.17) is 16.0 Å². The zero-order valence-electron chi connectivity index (χ0n) is 11.7. The highest BCUT2D eigenvalue weighted by Crippen LogP contribution is 2.24. The van der Waals surface area contributed by atoms with Crippen molar-refractivity contribution >= 4 is 23.4 Å². The minimum absolute atomic E-state index is 0.809. The van der Waals surface area contributed by atoms with Gasteiger partial charge >= 0.3 is 0 Å². The second kappa shape index (κ2) is 8.40. The average molecular weight is 310 g/mol. The van der Waals surface area contributed by atoms with Crippen molar-refractivity contribution < 1.29 is 4.42 Å². The van der Waals surface area contributed by atoms with Gasteiger partial charge in [0.2, 0.25) is 0 Å². The lowest BCUT2D eigenvalue weighted by atomic mass is 10.2. The van der Waals surface area contributed by atoms with Crippen molar-refractivity contribution in [2.45, 2.75) is 31.4 Å². The lowest BCUT2D eigenvalue weighted by molar-refractivity contribution is 0.459. The Hall–Kier alpha value is -0.900. The van der Waals surface area contributed by atoms with Gasteiger partial charge in [-0.1, -0.05) is 36.7 Å². The molecule has 0 atom stereocenters. The first-order chi connectivity index (χ1) is 9.79. The molecule has 0 amide bonds. The van der Waals surface area contributed by atoms with Gasteiger partial charge in [0.25, 0.3) is 0 Å². The highest BCUT2D eigenvalue weighted by molar-refractivity contribution is 7.97. The summed E-state index contributed by atoms with van der Waals surface area (Å²) in [6, 6.07) is 12.1. The Kier molecular flexibility index (Phi) is 6.51. The first kappa shape index (κ1) is 15.5. The molecule has 0 spiro atoms. The van der Waals surface area contributed by atoms with E-state index in [0.29, 0.717) is 0 Å². The smallest absolute Gasteiger partial charge is 0.117 e. The molecule has 0 saturated heterocycles. The van der Waals surface area contributed by atoms with Crippen LogP contribution < -0.4 is 5.32 Å². The van der Waals surface area contributed by atoms with Gasteiger partial charge in [0.1, 0.15) is 11.5 Å². The number of hydrogen-bond donors (Lipinski definition) is 1. The molecule has 2 nitrogen and oxygen atoms in total. The predicted octanol–water partition coefficient (Wildman–Crippen LogP) is 4.87. The van der Waals surface area contributed by atoms with Crippen molar-refractivity contribution in [3.8, 4) is 0 Å². The van der Waals surface area contributed by atoms with Gasteiger partial charge in [-0.3, -0.25) is 0 Å². The molecule has 2 rings (SSSR count). The molecule has 0 fully saturated rings. The SMILES string of the molecule is CCCNCc1ccc(CSCc2ccccc2Cl)o1. The molecule has 0 unspecified atom stereocenters. The molecule has 4 heteroatoms. The molecule has 1 heterocycles. The molecule has 0 aliphatic heterocycles. The molecule has 0 saturated carbocycles. The van der Waals surface area contributed by atoms with Gasteiger partial charge in [0, 0.05) is 10.8 Å². The second-order valence-corrected chi connectivity index (χ2v) is 6.02. The number of hydrogen-bond acceptors (Lipinski definition) is 3. The van der Waals surface area contributed by atoms with Gasteiger partial charge in [-0.25, -0.2) is 0 Å². The molecular weight excluding hydrogens is 290 g/mol. The first-order valence-electron chi connectivity index (χ1n) is 6.89. The second-order valence-electron chi connectivity index (χ2n) is 4.63. The van der Waals surface area contributed by atoms with E-state index >= 15 is 0 Å². The van der Waals surface area contributed by atoms with Crippen molar-refractivity contribution in [1.82, 2.24) is 5.32 Å². The van der Waals surface area contributed by atoms with Crippen LogP contribution in [0.4, 0.5) is 0 Å². The molecule has 0 radical (unpaired) electrons. The van der Waals surface area contributed by atoms with Crippen LogP contribution >= 0.6 is 23.4 Å². The lowest BCUT2D eigenvalue weighted by Crippen LogP contribution is -2.12. The number of benzene rings is 1. The summed E-state index contributed by atoms with van der Waals surface area (Å²) in [7, 11) is 0. The van der Waals surface area contributed by atoms with Crippen LogP contribution in [0.15, 0.2) is 40.8 Å². The van der Waals surface area contributed by atoms with Gasteiger partial charge in [0.05, 0.1) is 12.3 Å². The largest absolute Gasteiger partial charge is 0.464 e. The lowest BCUT2D eigenvalue weighted by Gasteiger charge is -2.03. The Morgan fingerprint density at radius 2 is 1.90 bits per heavy atom. The molecule has 1 aromatic carbocycles. The summed E-state index contributed by atoms with van der Waals surface area (Å²) < 4.78 is 5.78. The van der Waals surface area contributed by atoms with E-state index in [1.165, 1.54) is 5.56 Å². The number of thioether (sulfide) groups is 1. The first-order valence-corrected chi connectivity index (χ1v) is 8.42. The van der Waals surface area contributed by atoms with E-state index in [9.17, 15) is 0 Å².